The number of hydrogen-bond acceptors (Lipinski definition) is 6. The molecule has 0 unspecified atom stereocenters. The molecule has 1 N–H and O–H groups in total. The van der Waals surface area contributed by atoms with E-state index in [1.54, 1.807) is 49.5 Å². The van der Waals surface area contributed by atoms with E-state index in [-0.39, 0.29) is 25.5 Å². The Labute approximate surface area is 203 Å². The van der Waals surface area contributed by atoms with Gasteiger partial charge in [0.15, 0.2) is 5.82 Å². The molecule has 4 rings (SSSR count). The van der Waals surface area contributed by atoms with Crippen molar-refractivity contribution in [3.05, 3.63) is 83.6 Å². The summed E-state index contributed by atoms with van der Waals surface area (Å²) in [5, 5.41) is 2.76. The molecule has 178 valence electrons. The third-order valence-corrected chi connectivity index (χ3v) is 5.57. The van der Waals surface area contributed by atoms with Crippen molar-refractivity contribution in [3.63, 3.8) is 0 Å². The van der Waals surface area contributed by atoms with E-state index in [1.807, 2.05) is 24.3 Å². The molecule has 8 heteroatoms. The zero-order valence-electron chi connectivity index (χ0n) is 19.7. The maximum absolute atomic E-state index is 13.2. The summed E-state index contributed by atoms with van der Waals surface area (Å²) >= 11 is 0. The van der Waals surface area contributed by atoms with Gasteiger partial charge in [0.2, 0.25) is 11.8 Å². The Kier molecular flexibility index (Phi) is 7.30. The average molecular weight is 471 g/mol. The van der Waals surface area contributed by atoms with E-state index >= 15 is 0 Å². The molecular formula is C27H26N4O4. The second-order valence-electron chi connectivity index (χ2n) is 7.96. The van der Waals surface area contributed by atoms with Crippen molar-refractivity contribution >= 4 is 40.7 Å². The van der Waals surface area contributed by atoms with Crippen LogP contribution in [0.1, 0.15) is 41.8 Å². The number of aryl methyl sites for hydroxylation is 1. The molecule has 3 aromatic rings. The molecule has 2 amide bonds. The van der Waals surface area contributed by atoms with Crippen LogP contribution in [0.4, 0.5) is 17.2 Å². The molecule has 2 aromatic carbocycles. The molecule has 0 atom stereocenters. The number of hydrogen-bond donors (Lipinski definition) is 1. The maximum Gasteiger partial charge on any atom is 0.338 e. The van der Waals surface area contributed by atoms with Crippen LogP contribution in [0.25, 0.3) is 0 Å². The Morgan fingerprint density at radius 2 is 1.77 bits per heavy atom. The number of nitrogens with zero attached hydrogens (tertiary/aromatic N) is 3. The van der Waals surface area contributed by atoms with Crippen LogP contribution in [0.3, 0.4) is 0 Å². The van der Waals surface area contributed by atoms with Crippen LogP contribution in [0.15, 0.2) is 71.9 Å². The zero-order chi connectivity index (χ0) is 24.8. The highest BCUT2D eigenvalue weighted by atomic mass is 16.5. The van der Waals surface area contributed by atoms with Crippen molar-refractivity contribution in [2.75, 3.05) is 23.4 Å². The first-order chi connectivity index (χ1) is 17.0. The topological polar surface area (TPSA) is 101 Å². The number of aromatic nitrogens is 1. The molecule has 1 aliphatic rings. The van der Waals surface area contributed by atoms with Crippen LogP contribution >= 0.6 is 0 Å². The molecule has 2 heterocycles. The van der Waals surface area contributed by atoms with Gasteiger partial charge in [0.05, 0.1) is 24.3 Å². The number of amides is 2. The van der Waals surface area contributed by atoms with Crippen molar-refractivity contribution in [3.8, 4) is 0 Å². The summed E-state index contributed by atoms with van der Waals surface area (Å²) in [5.41, 5.74) is 4.11. The third kappa shape index (κ3) is 5.60. The molecule has 0 bridgehead atoms. The van der Waals surface area contributed by atoms with E-state index in [0.29, 0.717) is 28.5 Å². The van der Waals surface area contributed by atoms with Crippen molar-refractivity contribution in [1.82, 2.24) is 4.98 Å². The van der Waals surface area contributed by atoms with E-state index < -0.39 is 11.9 Å². The van der Waals surface area contributed by atoms with Crippen LogP contribution in [-0.4, -0.2) is 41.6 Å². The van der Waals surface area contributed by atoms with Gasteiger partial charge in [0, 0.05) is 11.9 Å². The Morgan fingerprint density at radius 1 is 1.03 bits per heavy atom. The maximum atomic E-state index is 13.2. The normalized spacial score (nSPS) is 12.9. The summed E-state index contributed by atoms with van der Waals surface area (Å²) in [7, 11) is 0. The van der Waals surface area contributed by atoms with Gasteiger partial charge in [-0.3, -0.25) is 14.5 Å². The average Bonchev–Trinajstić information content (AvgIpc) is 3.01. The zero-order valence-corrected chi connectivity index (χ0v) is 19.7. The number of rotatable bonds is 7. The number of aliphatic imine (C=N–C) groups is 1. The minimum Gasteiger partial charge on any atom is -0.462 e. The number of ether oxygens (including phenoxy) is 1. The molecule has 0 spiro atoms. The summed E-state index contributed by atoms with van der Waals surface area (Å²) in [5.74, 6) is -0.753. The predicted octanol–water partition coefficient (Wildman–Crippen LogP) is 4.32. The highest BCUT2D eigenvalue weighted by Gasteiger charge is 2.27. The molecule has 8 nitrogen and oxygen atoms in total. The van der Waals surface area contributed by atoms with Gasteiger partial charge in [-0.2, -0.15) is 0 Å². The highest BCUT2D eigenvalue weighted by molar-refractivity contribution is 6.18. The lowest BCUT2D eigenvalue weighted by Gasteiger charge is -2.20. The number of benzene rings is 2. The van der Waals surface area contributed by atoms with E-state index in [0.717, 1.165) is 12.0 Å². The number of anilines is 2. The first-order valence-corrected chi connectivity index (χ1v) is 11.5. The molecular weight excluding hydrogens is 444 g/mol. The quantitative estimate of drug-likeness (QED) is 0.519. The van der Waals surface area contributed by atoms with Crippen molar-refractivity contribution in [2.24, 2.45) is 4.99 Å². The van der Waals surface area contributed by atoms with Gasteiger partial charge >= 0.3 is 5.97 Å². The minimum atomic E-state index is -0.427. The molecule has 35 heavy (non-hydrogen) atoms. The number of fused-ring (bicyclic) bond motifs is 1. The summed E-state index contributed by atoms with van der Waals surface area (Å²) in [6.07, 6.45) is 2.54. The van der Waals surface area contributed by atoms with Crippen molar-refractivity contribution in [2.45, 2.75) is 26.7 Å². The van der Waals surface area contributed by atoms with Crippen LogP contribution < -0.4 is 10.2 Å². The van der Waals surface area contributed by atoms with Gasteiger partial charge in [-0.15, -0.1) is 0 Å². The Balaban J connectivity index is 1.51. The van der Waals surface area contributed by atoms with Gasteiger partial charge in [0.25, 0.3) is 0 Å². The fraction of sp³-hybridized carbons (Fsp3) is 0.222. The molecule has 1 aromatic heterocycles. The van der Waals surface area contributed by atoms with E-state index in [2.05, 4.69) is 17.2 Å². The van der Waals surface area contributed by atoms with Gasteiger partial charge in [-0.1, -0.05) is 31.2 Å². The lowest BCUT2D eigenvalue weighted by Crippen LogP contribution is -2.39. The second-order valence-corrected chi connectivity index (χ2v) is 7.96. The number of nitrogens with one attached hydrogen (secondary N) is 1. The van der Waals surface area contributed by atoms with Crippen molar-refractivity contribution < 1.29 is 19.1 Å². The summed E-state index contributed by atoms with van der Waals surface area (Å²) < 4.78 is 4.97. The standard InChI is InChI=1S/C27H26N4O4/c1-3-18-7-9-19(10-8-18)23-16-25(33)31(26-22(30-23)6-5-15-28-26)17-24(32)29-21-13-11-20(12-14-21)27(34)35-4-2/h5-15H,3-4,16-17H2,1-2H3,(H,29,32). The van der Waals surface area contributed by atoms with Crippen LogP contribution in [-0.2, 0) is 20.7 Å². The number of carbonyl (C=O) groups excluding carboxylic acids is 3. The Morgan fingerprint density at radius 3 is 2.46 bits per heavy atom. The van der Waals surface area contributed by atoms with Crippen LogP contribution in [0.2, 0.25) is 0 Å². The van der Waals surface area contributed by atoms with Gasteiger partial charge in [-0.05, 0) is 60.9 Å². The van der Waals surface area contributed by atoms with Gasteiger partial charge in [-0.25, -0.2) is 14.8 Å². The lowest BCUT2D eigenvalue weighted by molar-refractivity contribution is -0.120. The second kappa shape index (κ2) is 10.7. The molecule has 0 saturated carbocycles. The van der Waals surface area contributed by atoms with Crippen molar-refractivity contribution in [1.29, 1.82) is 0 Å². The third-order valence-electron chi connectivity index (χ3n) is 5.57. The smallest absolute Gasteiger partial charge is 0.338 e. The van der Waals surface area contributed by atoms with E-state index in [9.17, 15) is 14.4 Å². The molecule has 0 radical (unpaired) electrons. The molecule has 0 saturated heterocycles. The van der Waals surface area contributed by atoms with Crippen LogP contribution in [0.5, 0.6) is 0 Å². The largest absolute Gasteiger partial charge is 0.462 e. The fourth-order valence-electron chi connectivity index (χ4n) is 3.74. The monoisotopic (exact) mass is 470 g/mol. The van der Waals surface area contributed by atoms with Crippen LogP contribution in [0, 0.1) is 0 Å². The molecule has 0 aliphatic carbocycles. The summed E-state index contributed by atoms with van der Waals surface area (Å²) in [6, 6.07) is 17.9. The first kappa shape index (κ1) is 23.8. The molecule has 0 fully saturated rings. The Bertz CT molecular complexity index is 1270. The SMILES string of the molecule is CCOC(=O)c1ccc(NC(=O)CN2C(=O)CC(c3ccc(CC)cc3)=Nc3cccnc32)cc1. The highest BCUT2D eigenvalue weighted by Crippen LogP contribution is 2.31. The number of carbonyl (C=O) groups is 3. The fourth-order valence-corrected chi connectivity index (χ4v) is 3.74. The number of pyridine rings is 1. The predicted molar refractivity (Wildman–Crippen MR) is 134 cm³/mol. The van der Waals surface area contributed by atoms with E-state index in [1.165, 1.54) is 10.5 Å². The Hall–Kier alpha value is -4.33. The minimum absolute atomic E-state index is 0.0450. The summed E-state index contributed by atoms with van der Waals surface area (Å²) in [4.78, 5) is 48.3. The molecule has 1 aliphatic heterocycles. The van der Waals surface area contributed by atoms with Gasteiger partial charge < -0.3 is 10.1 Å². The first-order valence-electron chi connectivity index (χ1n) is 11.5. The van der Waals surface area contributed by atoms with Gasteiger partial charge in [0.1, 0.15) is 12.2 Å². The van der Waals surface area contributed by atoms with E-state index in [4.69, 9.17) is 9.73 Å². The lowest BCUT2D eigenvalue weighted by atomic mass is 10.0. The summed E-state index contributed by atoms with van der Waals surface area (Å²) in [6.45, 7) is 3.88. The number of esters is 1.